The number of rotatable bonds is 3. The van der Waals surface area contributed by atoms with Gasteiger partial charge in [-0.05, 0) is 37.1 Å². The van der Waals surface area contributed by atoms with Crippen molar-refractivity contribution < 1.29 is 4.79 Å². The summed E-state index contributed by atoms with van der Waals surface area (Å²) in [5, 5.41) is 12.4. The van der Waals surface area contributed by atoms with Gasteiger partial charge >= 0.3 is 0 Å². The van der Waals surface area contributed by atoms with Gasteiger partial charge in [-0.1, -0.05) is 11.6 Å². The molecule has 1 aliphatic heterocycles. The number of halogens is 1. The molecule has 1 atom stereocenters. The van der Waals surface area contributed by atoms with Gasteiger partial charge < -0.3 is 14.3 Å². The van der Waals surface area contributed by atoms with Crippen molar-refractivity contribution in [2.24, 2.45) is 0 Å². The van der Waals surface area contributed by atoms with Crippen LogP contribution in [0.3, 0.4) is 0 Å². The highest BCUT2D eigenvalue weighted by Gasteiger charge is 2.23. The molecule has 1 amide bonds. The molecule has 0 bridgehead atoms. The second-order valence-corrected chi connectivity index (χ2v) is 7.50. The van der Waals surface area contributed by atoms with E-state index in [-0.39, 0.29) is 11.9 Å². The molecular formula is C20H18ClN7O. The SMILES string of the molecule is O=C(NC1CCc2nnc(-c3ccncc3)n2CC1)c1cn2cc(Cl)ccc2n1. The van der Waals surface area contributed by atoms with Crippen molar-refractivity contribution in [3.8, 4) is 11.4 Å². The number of nitrogens with zero attached hydrogens (tertiary/aromatic N) is 6. The average molecular weight is 408 g/mol. The van der Waals surface area contributed by atoms with Crippen molar-refractivity contribution in [1.29, 1.82) is 0 Å². The molecule has 0 spiro atoms. The van der Waals surface area contributed by atoms with Crippen molar-refractivity contribution >= 4 is 23.2 Å². The van der Waals surface area contributed by atoms with Gasteiger partial charge in [0.2, 0.25) is 0 Å². The minimum Gasteiger partial charge on any atom is -0.348 e. The summed E-state index contributed by atoms with van der Waals surface area (Å²) in [6.07, 6.45) is 9.29. The molecule has 0 saturated carbocycles. The van der Waals surface area contributed by atoms with Crippen molar-refractivity contribution in [3.05, 3.63) is 65.6 Å². The van der Waals surface area contributed by atoms with Crippen LogP contribution in [0.5, 0.6) is 0 Å². The summed E-state index contributed by atoms with van der Waals surface area (Å²) in [6, 6.07) is 7.45. The Bertz CT molecular complexity index is 1180. The summed E-state index contributed by atoms with van der Waals surface area (Å²) in [4.78, 5) is 21.2. The van der Waals surface area contributed by atoms with E-state index in [9.17, 15) is 4.79 Å². The Hall–Kier alpha value is -3.26. The van der Waals surface area contributed by atoms with E-state index >= 15 is 0 Å². The van der Waals surface area contributed by atoms with Crippen LogP contribution in [-0.2, 0) is 13.0 Å². The van der Waals surface area contributed by atoms with Crippen LogP contribution < -0.4 is 5.32 Å². The molecule has 4 aromatic heterocycles. The highest BCUT2D eigenvalue weighted by Crippen LogP contribution is 2.22. The van der Waals surface area contributed by atoms with E-state index in [2.05, 4.69) is 30.0 Å². The van der Waals surface area contributed by atoms with E-state index in [1.807, 2.05) is 12.1 Å². The zero-order chi connectivity index (χ0) is 19.8. The summed E-state index contributed by atoms with van der Waals surface area (Å²) in [6.45, 7) is 0.742. The minimum absolute atomic E-state index is 0.0443. The lowest BCUT2D eigenvalue weighted by molar-refractivity contribution is 0.0928. The van der Waals surface area contributed by atoms with Gasteiger partial charge in [0.25, 0.3) is 5.91 Å². The Morgan fingerprint density at radius 1 is 1.10 bits per heavy atom. The zero-order valence-electron chi connectivity index (χ0n) is 15.5. The number of aryl methyl sites for hydroxylation is 1. The van der Waals surface area contributed by atoms with Crippen LogP contribution in [0.25, 0.3) is 17.0 Å². The molecular weight excluding hydrogens is 390 g/mol. The van der Waals surface area contributed by atoms with Crippen LogP contribution in [0, 0.1) is 0 Å². The molecule has 8 nitrogen and oxygen atoms in total. The molecule has 4 aromatic rings. The fourth-order valence-corrected chi connectivity index (χ4v) is 3.85. The third-order valence-corrected chi connectivity index (χ3v) is 5.39. The zero-order valence-corrected chi connectivity index (χ0v) is 16.3. The van der Waals surface area contributed by atoms with E-state index < -0.39 is 0 Å². The lowest BCUT2D eigenvalue weighted by atomic mass is 10.1. The van der Waals surface area contributed by atoms with Crippen LogP contribution in [0.4, 0.5) is 0 Å². The highest BCUT2D eigenvalue weighted by atomic mass is 35.5. The summed E-state index contributed by atoms with van der Waals surface area (Å²) < 4.78 is 3.89. The van der Waals surface area contributed by atoms with E-state index in [1.54, 1.807) is 41.3 Å². The number of hydrogen-bond donors (Lipinski definition) is 1. The number of carbonyl (C=O) groups is 1. The molecule has 0 saturated heterocycles. The van der Waals surface area contributed by atoms with Crippen molar-refractivity contribution in [2.45, 2.75) is 31.8 Å². The first-order valence-electron chi connectivity index (χ1n) is 9.45. The highest BCUT2D eigenvalue weighted by molar-refractivity contribution is 6.30. The Morgan fingerprint density at radius 3 is 2.83 bits per heavy atom. The summed E-state index contributed by atoms with van der Waals surface area (Å²) >= 11 is 6.01. The molecule has 29 heavy (non-hydrogen) atoms. The monoisotopic (exact) mass is 407 g/mol. The number of carbonyl (C=O) groups excluding carboxylic acids is 1. The van der Waals surface area contributed by atoms with E-state index in [0.29, 0.717) is 16.4 Å². The van der Waals surface area contributed by atoms with Gasteiger partial charge in [0.15, 0.2) is 5.82 Å². The normalized spacial score (nSPS) is 16.4. The predicted octanol–water partition coefficient (Wildman–Crippen LogP) is 2.78. The number of aromatic nitrogens is 6. The fourth-order valence-electron chi connectivity index (χ4n) is 3.68. The van der Waals surface area contributed by atoms with Crippen LogP contribution in [0.1, 0.15) is 29.2 Å². The Labute approximate surface area is 171 Å². The third kappa shape index (κ3) is 3.47. The number of amides is 1. The van der Waals surface area contributed by atoms with Gasteiger partial charge in [-0.2, -0.15) is 0 Å². The molecule has 0 radical (unpaired) electrons. The maximum Gasteiger partial charge on any atom is 0.271 e. The number of fused-ring (bicyclic) bond motifs is 2. The number of pyridine rings is 2. The Morgan fingerprint density at radius 2 is 1.97 bits per heavy atom. The molecule has 1 aliphatic rings. The van der Waals surface area contributed by atoms with Gasteiger partial charge in [-0.3, -0.25) is 9.78 Å². The third-order valence-electron chi connectivity index (χ3n) is 5.17. The van der Waals surface area contributed by atoms with Crippen LogP contribution in [0.2, 0.25) is 5.02 Å². The largest absolute Gasteiger partial charge is 0.348 e. The van der Waals surface area contributed by atoms with Crippen molar-refractivity contribution in [3.63, 3.8) is 0 Å². The smallest absolute Gasteiger partial charge is 0.271 e. The molecule has 9 heteroatoms. The van der Waals surface area contributed by atoms with E-state index in [4.69, 9.17) is 11.6 Å². The maximum absolute atomic E-state index is 12.7. The van der Waals surface area contributed by atoms with Gasteiger partial charge in [-0.25, -0.2) is 4.98 Å². The lowest BCUT2D eigenvalue weighted by Crippen LogP contribution is -2.35. The van der Waals surface area contributed by atoms with Crippen LogP contribution in [0.15, 0.2) is 49.1 Å². The fraction of sp³-hybridized carbons (Fsp3) is 0.250. The first-order chi connectivity index (χ1) is 14.2. The summed E-state index contributed by atoms with van der Waals surface area (Å²) in [5.41, 5.74) is 2.06. The molecule has 0 fully saturated rings. The maximum atomic E-state index is 12.7. The average Bonchev–Trinajstić information content (AvgIpc) is 3.29. The van der Waals surface area contributed by atoms with Gasteiger partial charge in [0.1, 0.15) is 17.2 Å². The molecule has 0 aromatic carbocycles. The molecule has 1 unspecified atom stereocenters. The minimum atomic E-state index is -0.179. The molecule has 1 N–H and O–H groups in total. The molecule has 5 heterocycles. The number of hydrogen-bond acceptors (Lipinski definition) is 5. The lowest BCUT2D eigenvalue weighted by Gasteiger charge is -2.15. The molecule has 146 valence electrons. The summed E-state index contributed by atoms with van der Waals surface area (Å²) in [5.74, 6) is 1.60. The van der Waals surface area contributed by atoms with Gasteiger partial charge in [0, 0.05) is 49.4 Å². The first-order valence-corrected chi connectivity index (χ1v) is 9.83. The number of imidazole rings is 1. The van der Waals surface area contributed by atoms with E-state index in [1.165, 1.54) is 0 Å². The van der Waals surface area contributed by atoms with Crippen molar-refractivity contribution in [1.82, 2.24) is 34.4 Å². The quantitative estimate of drug-likeness (QED) is 0.564. The van der Waals surface area contributed by atoms with Crippen LogP contribution in [-0.4, -0.2) is 41.1 Å². The predicted molar refractivity (Wildman–Crippen MR) is 108 cm³/mol. The Kier molecular flexibility index (Phi) is 4.48. The van der Waals surface area contributed by atoms with Gasteiger partial charge in [0.05, 0.1) is 5.02 Å². The number of nitrogens with one attached hydrogen (secondary N) is 1. The standard InChI is InChI=1S/C20H18ClN7O/c21-14-1-3-17-24-16(12-27(17)11-14)20(29)23-15-2-4-18-25-26-19(28(18)10-7-15)13-5-8-22-9-6-13/h1,3,5-6,8-9,11-12,15H,2,4,7,10H2,(H,23,29). The topological polar surface area (TPSA) is 90.0 Å². The van der Waals surface area contributed by atoms with Crippen molar-refractivity contribution in [2.75, 3.05) is 0 Å². The van der Waals surface area contributed by atoms with Crippen LogP contribution >= 0.6 is 11.6 Å². The van der Waals surface area contributed by atoms with Gasteiger partial charge in [-0.15, -0.1) is 10.2 Å². The molecule has 0 aliphatic carbocycles. The first kappa shape index (κ1) is 17.8. The van der Waals surface area contributed by atoms with E-state index in [0.717, 1.165) is 43.0 Å². The molecule has 5 rings (SSSR count). The second-order valence-electron chi connectivity index (χ2n) is 7.06. The second kappa shape index (κ2) is 7.29. The summed E-state index contributed by atoms with van der Waals surface area (Å²) in [7, 11) is 0. The Balaban J connectivity index is 1.31.